The fourth-order valence-corrected chi connectivity index (χ4v) is 1.18. The van der Waals surface area contributed by atoms with Crippen molar-refractivity contribution >= 4 is 5.78 Å². The molecule has 15 heavy (non-hydrogen) atoms. The normalized spacial score (nSPS) is 10.5. The summed E-state index contributed by atoms with van der Waals surface area (Å²) in [7, 11) is 3.36. The molecular weight excluding hydrogens is 196 g/mol. The molecule has 0 aromatic carbocycles. The van der Waals surface area contributed by atoms with Crippen molar-refractivity contribution in [2.24, 2.45) is 7.05 Å². The molecule has 5 nitrogen and oxygen atoms in total. The zero-order valence-electron chi connectivity index (χ0n) is 9.10. The van der Waals surface area contributed by atoms with E-state index in [-0.39, 0.29) is 5.78 Å². The van der Waals surface area contributed by atoms with E-state index in [1.54, 1.807) is 31.1 Å². The average Bonchev–Trinajstić information content (AvgIpc) is 2.64. The van der Waals surface area contributed by atoms with Gasteiger partial charge in [-0.05, 0) is 6.07 Å². The molecule has 0 spiro atoms. The Bertz CT molecular complexity index is 309. The Kier molecular flexibility index (Phi) is 5.00. The molecule has 0 amide bonds. The topological polar surface area (TPSA) is 53.4 Å². The van der Waals surface area contributed by atoms with Crippen molar-refractivity contribution in [3.05, 3.63) is 18.0 Å². The standard InChI is InChI=1S/C10H16N2O3/c1-12-9(3-5-11-12)10(13)4-6-15-8-7-14-2/h3,5H,4,6-8H2,1-2H3. The third-order valence-corrected chi connectivity index (χ3v) is 2.01. The summed E-state index contributed by atoms with van der Waals surface area (Å²) in [6.45, 7) is 1.50. The minimum atomic E-state index is 0.0485. The Morgan fingerprint density at radius 3 is 2.87 bits per heavy atom. The maximum Gasteiger partial charge on any atom is 0.183 e. The van der Waals surface area contributed by atoms with Gasteiger partial charge in [0.25, 0.3) is 0 Å². The summed E-state index contributed by atoms with van der Waals surface area (Å²) in [4.78, 5) is 11.6. The zero-order valence-corrected chi connectivity index (χ0v) is 9.10. The first-order valence-electron chi connectivity index (χ1n) is 4.83. The lowest BCUT2D eigenvalue weighted by Crippen LogP contribution is -2.11. The van der Waals surface area contributed by atoms with E-state index in [0.29, 0.717) is 31.9 Å². The number of nitrogens with zero attached hydrogens (tertiary/aromatic N) is 2. The van der Waals surface area contributed by atoms with E-state index in [1.165, 1.54) is 0 Å². The first kappa shape index (κ1) is 11.9. The number of carbonyl (C=O) groups excluding carboxylic acids is 1. The van der Waals surface area contributed by atoms with Gasteiger partial charge in [0.15, 0.2) is 5.78 Å². The number of Topliss-reactive ketones (excluding diaryl/α,β-unsaturated/α-hetero) is 1. The van der Waals surface area contributed by atoms with E-state index in [1.807, 2.05) is 0 Å². The van der Waals surface area contributed by atoms with Gasteiger partial charge in [-0.3, -0.25) is 9.48 Å². The molecule has 0 aliphatic rings. The van der Waals surface area contributed by atoms with Gasteiger partial charge in [-0.15, -0.1) is 0 Å². The number of aryl methyl sites for hydroxylation is 1. The van der Waals surface area contributed by atoms with Crippen LogP contribution < -0.4 is 0 Å². The third kappa shape index (κ3) is 3.81. The second-order valence-corrected chi connectivity index (χ2v) is 3.12. The van der Waals surface area contributed by atoms with Crippen LogP contribution >= 0.6 is 0 Å². The van der Waals surface area contributed by atoms with Gasteiger partial charge in [-0.2, -0.15) is 5.10 Å². The molecule has 5 heteroatoms. The van der Waals surface area contributed by atoms with Crippen LogP contribution in [0.15, 0.2) is 12.3 Å². The van der Waals surface area contributed by atoms with Crippen molar-refractivity contribution in [2.45, 2.75) is 6.42 Å². The van der Waals surface area contributed by atoms with E-state index in [4.69, 9.17) is 9.47 Å². The molecule has 0 aliphatic heterocycles. The van der Waals surface area contributed by atoms with Gasteiger partial charge in [0, 0.05) is 26.8 Å². The van der Waals surface area contributed by atoms with E-state index in [2.05, 4.69) is 5.10 Å². The molecule has 0 radical (unpaired) electrons. The molecule has 1 heterocycles. The van der Waals surface area contributed by atoms with Gasteiger partial charge >= 0.3 is 0 Å². The van der Waals surface area contributed by atoms with Crippen LogP contribution in [0.5, 0.6) is 0 Å². The van der Waals surface area contributed by atoms with Crippen LogP contribution in [0.2, 0.25) is 0 Å². The fraction of sp³-hybridized carbons (Fsp3) is 0.600. The maximum atomic E-state index is 11.6. The highest BCUT2D eigenvalue weighted by Crippen LogP contribution is 2.01. The SMILES string of the molecule is COCCOCCC(=O)c1ccnn1C. The molecule has 0 N–H and O–H groups in total. The lowest BCUT2D eigenvalue weighted by atomic mass is 10.2. The Morgan fingerprint density at radius 1 is 1.47 bits per heavy atom. The van der Waals surface area contributed by atoms with Crippen LogP contribution in [0, 0.1) is 0 Å². The Labute approximate surface area is 89.0 Å². The number of ether oxygens (including phenoxy) is 2. The Balaban J connectivity index is 2.22. The predicted octanol–water partition coefficient (Wildman–Crippen LogP) is 0.656. The molecule has 84 valence electrons. The van der Waals surface area contributed by atoms with E-state index in [0.717, 1.165) is 0 Å². The first-order chi connectivity index (χ1) is 7.25. The highest BCUT2D eigenvalue weighted by atomic mass is 16.5. The number of carbonyl (C=O) groups is 1. The second kappa shape index (κ2) is 6.31. The van der Waals surface area contributed by atoms with Crippen molar-refractivity contribution in [3.63, 3.8) is 0 Å². The largest absolute Gasteiger partial charge is 0.382 e. The van der Waals surface area contributed by atoms with E-state index < -0.39 is 0 Å². The van der Waals surface area contributed by atoms with Gasteiger partial charge in [-0.25, -0.2) is 0 Å². The lowest BCUT2D eigenvalue weighted by Gasteiger charge is -2.03. The van der Waals surface area contributed by atoms with Crippen LogP contribution in [0.1, 0.15) is 16.9 Å². The minimum Gasteiger partial charge on any atom is -0.382 e. The van der Waals surface area contributed by atoms with Crippen LogP contribution in [0.25, 0.3) is 0 Å². The highest BCUT2D eigenvalue weighted by Gasteiger charge is 2.08. The minimum absolute atomic E-state index is 0.0485. The van der Waals surface area contributed by atoms with Gasteiger partial charge in [-0.1, -0.05) is 0 Å². The number of aromatic nitrogens is 2. The van der Waals surface area contributed by atoms with Crippen LogP contribution in [-0.2, 0) is 16.5 Å². The molecule has 1 aromatic heterocycles. The molecular formula is C10H16N2O3. The highest BCUT2D eigenvalue weighted by molar-refractivity contribution is 5.94. The first-order valence-corrected chi connectivity index (χ1v) is 4.83. The number of hydrogen-bond donors (Lipinski definition) is 0. The summed E-state index contributed by atoms with van der Waals surface area (Å²) >= 11 is 0. The van der Waals surface area contributed by atoms with Crippen LogP contribution in [0.3, 0.4) is 0 Å². The monoisotopic (exact) mass is 212 g/mol. The molecule has 0 saturated heterocycles. The van der Waals surface area contributed by atoms with Gasteiger partial charge < -0.3 is 9.47 Å². The second-order valence-electron chi connectivity index (χ2n) is 3.12. The van der Waals surface area contributed by atoms with Gasteiger partial charge in [0.1, 0.15) is 5.69 Å². The maximum absolute atomic E-state index is 11.6. The molecule has 0 bridgehead atoms. The van der Waals surface area contributed by atoms with Crippen LogP contribution in [0.4, 0.5) is 0 Å². The summed E-state index contributed by atoms with van der Waals surface area (Å²) in [5, 5.41) is 3.93. The van der Waals surface area contributed by atoms with Crippen molar-refractivity contribution in [2.75, 3.05) is 26.9 Å². The number of ketones is 1. The number of rotatable bonds is 7. The van der Waals surface area contributed by atoms with Gasteiger partial charge in [0.05, 0.1) is 19.8 Å². The summed E-state index contributed by atoms with van der Waals surface area (Å²) < 4.78 is 11.6. The van der Waals surface area contributed by atoms with Crippen molar-refractivity contribution in [1.82, 2.24) is 9.78 Å². The number of hydrogen-bond acceptors (Lipinski definition) is 4. The van der Waals surface area contributed by atoms with E-state index >= 15 is 0 Å². The molecule has 0 saturated carbocycles. The predicted molar refractivity (Wildman–Crippen MR) is 54.9 cm³/mol. The molecule has 0 unspecified atom stereocenters. The smallest absolute Gasteiger partial charge is 0.183 e. The summed E-state index contributed by atoms with van der Waals surface area (Å²) in [6, 6.07) is 1.71. The summed E-state index contributed by atoms with van der Waals surface area (Å²) in [5.41, 5.74) is 0.616. The summed E-state index contributed by atoms with van der Waals surface area (Å²) in [5.74, 6) is 0.0485. The fourth-order valence-electron chi connectivity index (χ4n) is 1.18. The molecule has 1 rings (SSSR count). The van der Waals surface area contributed by atoms with Gasteiger partial charge in [0.2, 0.25) is 0 Å². The average molecular weight is 212 g/mol. The molecule has 0 fully saturated rings. The third-order valence-electron chi connectivity index (χ3n) is 2.01. The van der Waals surface area contributed by atoms with Crippen molar-refractivity contribution in [1.29, 1.82) is 0 Å². The summed E-state index contributed by atoms with van der Waals surface area (Å²) in [6.07, 6.45) is 1.99. The quantitative estimate of drug-likeness (QED) is 0.492. The Hall–Kier alpha value is -1.20. The molecule has 0 atom stereocenters. The van der Waals surface area contributed by atoms with Crippen molar-refractivity contribution < 1.29 is 14.3 Å². The van der Waals surface area contributed by atoms with E-state index in [9.17, 15) is 4.79 Å². The van der Waals surface area contributed by atoms with Crippen molar-refractivity contribution in [3.8, 4) is 0 Å². The zero-order chi connectivity index (χ0) is 11.1. The lowest BCUT2D eigenvalue weighted by molar-refractivity contribution is 0.0638. The number of methoxy groups -OCH3 is 1. The Morgan fingerprint density at radius 2 is 2.27 bits per heavy atom. The van der Waals surface area contributed by atoms with Crippen LogP contribution in [-0.4, -0.2) is 42.5 Å². The molecule has 0 aliphatic carbocycles. The molecule has 1 aromatic rings.